The largest absolute Gasteiger partial charge is 0.463 e. The highest BCUT2D eigenvalue weighted by molar-refractivity contribution is 6.36. The van der Waals surface area contributed by atoms with Crippen LogP contribution in [-0.2, 0) is 14.3 Å². The van der Waals surface area contributed by atoms with Crippen LogP contribution in [0.15, 0.2) is 54.6 Å². The molecular formula is C19H15ClO4. The topological polar surface area (TPSA) is 60.4 Å². The van der Waals surface area contributed by atoms with E-state index in [4.69, 9.17) is 11.6 Å². The van der Waals surface area contributed by atoms with E-state index in [-0.39, 0.29) is 11.7 Å². The molecule has 3 atom stereocenters. The summed E-state index contributed by atoms with van der Waals surface area (Å²) in [6, 6.07) is 15.8. The lowest BCUT2D eigenvalue weighted by atomic mass is 10.0. The molecule has 0 saturated heterocycles. The molecule has 0 bridgehead atoms. The van der Waals surface area contributed by atoms with Gasteiger partial charge in [-0.05, 0) is 29.8 Å². The van der Waals surface area contributed by atoms with Crippen molar-refractivity contribution in [1.82, 2.24) is 0 Å². The second-order valence-corrected chi connectivity index (χ2v) is 6.15. The summed E-state index contributed by atoms with van der Waals surface area (Å²) in [5.74, 6) is -3.27. The highest BCUT2D eigenvalue weighted by Gasteiger charge is 2.60. The van der Waals surface area contributed by atoms with E-state index in [2.05, 4.69) is 4.74 Å². The van der Waals surface area contributed by atoms with Crippen molar-refractivity contribution in [2.45, 2.75) is 5.92 Å². The van der Waals surface area contributed by atoms with Gasteiger partial charge in [-0.3, -0.25) is 9.59 Å². The minimum Gasteiger partial charge on any atom is -0.463 e. The molecule has 0 N–H and O–H groups in total. The van der Waals surface area contributed by atoms with E-state index < -0.39 is 23.6 Å². The van der Waals surface area contributed by atoms with Crippen LogP contribution in [0.3, 0.4) is 0 Å². The van der Waals surface area contributed by atoms with Crippen molar-refractivity contribution >= 4 is 29.1 Å². The van der Waals surface area contributed by atoms with Gasteiger partial charge in [-0.1, -0.05) is 41.9 Å². The van der Waals surface area contributed by atoms with Gasteiger partial charge in [-0.2, -0.15) is 0 Å². The Bertz CT molecular complexity index is 783. The molecule has 1 saturated carbocycles. The first-order chi connectivity index (χ1) is 11.5. The predicted molar refractivity (Wildman–Crippen MR) is 89.0 cm³/mol. The lowest BCUT2D eigenvalue weighted by molar-refractivity contribution is -0.152. The van der Waals surface area contributed by atoms with Crippen LogP contribution in [-0.4, -0.2) is 24.6 Å². The van der Waals surface area contributed by atoms with Crippen LogP contribution in [0.5, 0.6) is 0 Å². The zero-order chi connectivity index (χ0) is 17.3. The number of hydrogen-bond donors (Lipinski definition) is 0. The van der Waals surface area contributed by atoms with E-state index in [1.165, 1.54) is 0 Å². The van der Waals surface area contributed by atoms with E-state index in [1.54, 1.807) is 24.3 Å². The number of ether oxygens (including phenoxy) is 1. The second kappa shape index (κ2) is 6.57. The van der Waals surface area contributed by atoms with Gasteiger partial charge >= 0.3 is 5.97 Å². The SMILES string of the molecule is COC(=O)C(=O)C1C(C(=O)c2ccc(Cl)cc2)C1c1ccccc1. The average Bonchev–Trinajstić information content (AvgIpc) is 3.36. The van der Waals surface area contributed by atoms with Crippen molar-refractivity contribution < 1.29 is 19.1 Å². The van der Waals surface area contributed by atoms with Gasteiger partial charge < -0.3 is 4.74 Å². The van der Waals surface area contributed by atoms with Crippen LogP contribution >= 0.6 is 11.6 Å². The quantitative estimate of drug-likeness (QED) is 0.475. The van der Waals surface area contributed by atoms with Crippen LogP contribution in [0.25, 0.3) is 0 Å². The molecule has 0 heterocycles. The summed E-state index contributed by atoms with van der Waals surface area (Å²) < 4.78 is 4.53. The monoisotopic (exact) mass is 342 g/mol. The molecule has 0 amide bonds. The second-order valence-electron chi connectivity index (χ2n) is 5.72. The van der Waals surface area contributed by atoms with E-state index >= 15 is 0 Å². The molecule has 0 aromatic heterocycles. The van der Waals surface area contributed by atoms with Crippen LogP contribution in [0, 0.1) is 11.8 Å². The average molecular weight is 343 g/mol. The fraction of sp³-hybridized carbons (Fsp3) is 0.211. The molecule has 2 aromatic carbocycles. The van der Waals surface area contributed by atoms with E-state index in [9.17, 15) is 14.4 Å². The van der Waals surface area contributed by atoms with Gasteiger partial charge in [-0.25, -0.2) is 4.79 Å². The number of methoxy groups -OCH3 is 1. The van der Waals surface area contributed by atoms with Crippen molar-refractivity contribution in [3.05, 3.63) is 70.7 Å². The van der Waals surface area contributed by atoms with Crippen molar-refractivity contribution in [2.75, 3.05) is 7.11 Å². The highest BCUT2D eigenvalue weighted by Crippen LogP contribution is 2.56. The zero-order valence-electron chi connectivity index (χ0n) is 12.9. The molecule has 5 heteroatoms. The third kappa shape index (κ3) is 2.97. The lowest BCUT2D eigenvalue weighted by Crippen LogP contribution is -2.20. The van der Waals surface area contributed by atoms with Gasteiger partial charge in [0.1, 0.15) is 0 Å². The molecule has 24 heavy (non-hydrogen) atoms. The fourth-order valence-electron chi connectivity index (χ4n) is 3.10. The Balaban J connectivity index is 1.91. The molecule has 1 aliphatic rings. The maximum Gasteiger partial charge on any atom is 0.374 e. The zero-order valence-corrected chi connectivity index (χ0v) is 13.7. The lowest BCUT2D eigenvalue weighted by Gasteiger charge is -2.01. The molecular weight excluding hydrogens is 328 g/mol. The van der Waals surface area contributed by atoms with Crippen LogP contribution in [0.2, 0.25) is 5.02 Å². The minimum atomic E-state index is -0.910. The summed E-state index contributed by atoms with van der Waals surface area (Å²) in [5, 5.41) is 0.532. The number of rotatable bonds is 5. The molecule has 1 fully saturated rings. The van der Waals surface area contributed by atoms with Crippen molar-refractivity contribution in [3.63, 3.8) is 0 Å². The minimum absolute atomic E-state index is 0.164. The number of benzene rings is 2. The Hall–Kier alpha value is -2.46. The molecule has 0 radical (unpaired) electrons. The molecule has 3 unspecified atom stereocenters. The smallest absolute Gasteiger partial charge is 0.374 e. The van der Waals surface area contributed by atoms with E-state index in [0.29, 0.717) is 10.6 Å². The highest BCUT2D eigenvalue weighted by atomic mass is 35.5. The van der Waals surface area contributed by atoms with E-state index in [1.807, 2.05) is 30.3 Å². The van der Waals surface area contributed by atoms with Crippen LogP contribution < -0.4 is 0 Å². The Morgan fingerprint density at radius 1 is 0.917 bits per heavy atom. The number of Topliss-reactive ketones (excluding diaryl/α,β-unsaturated/α-hetero) is 2. The van der Waals surface area contributed by atoms with E-state index in [0.717, 1.165) is 12.7 Å². The third-order valence-electron chi connectivity index (χ3n) is 4.33. The molecule has 1 aliphatic carbocycles. The first-order valence-electron chi connectivity index (χ1n) is 7.51. The normalized spacial score (nSPS) is 21.8. The number of halogens is 1. The third-order valence-corrected chi connectivity index (χ3v) is 4.58. The number of ketones is 2. The van der Waals surface area contributed by atoms with Gasteiger partial charge in [0.2, 0.25) is 5.78 Å². The van der Waals surface area contributed by atoms with Crippen LogP contribution in [0.4, 0.5) is 0 Å². The maximum atomic E-state index is 12.8. The summed E-state index contributed by atoms with van der Waals surface area (Å²) in [5.41, 5.74) is 1.34. The number of carbonyl (C=O) groups excluding carboxylic acids is 3. The molecule has 0 spiro atoms. The molecule has 4 nitrogen and oxygen atoms in total. The number of carbonyl (C=O) groups is 3. The first kappa shape index (κ1) is 16.4. The van der Waals surface area contributed by atoms with Crippen molar-refractivity contribution in [2.24, 2.45) is 11.8 Å². The summed E-state index contributed by atoms with van der Waals surface area (Å²) in [7, 11) is 1.16. The summed E-state index contributed by atoms with van der Waals surface area (Å²) in [6.45, 7) is 0. The molecule has 2 aromatic rings. The Labute approximate surface area is 144 Å². The van der Waals surface area contributed by atoms with Gasteiger partial charge in [0.15, 0.2) is 5.78 Å². The van der Waals surface area contributed by atoms with Crippen LogP contribution in [0.1, 0.15) is 21.8 Å². The number of esters is 1. The molecule has 0 aliphatic heterocycles. The Morgan fingerprint density at radius 3 is 2.12 bits per heavy atom. The Morgan fingerprint density at radius 2 is 1.54 bits per heavy atom. The van der Waals surface area contributed by atoms with Gasteiger partial charge in [0.05, 0.1) is 7.11 Å². The molecule has 3 rings (SSSR count). The van der Waals surface area contributed by atoms with Crippen molar-refractivity contribution in [1.29, 1.82) is 0 Å². The molecule has 122 valence electrons. The Kier molecular flexibility index (Phi) is 4.49. The summed E-state index contributed by atoms with van der Waals surface area (Å²) in [4.78, 5) is 36.7. The summed E-state index contributed by atoms with van der Waals surface area (Å²) in [6.07, 6.45) is 0. The van der Waals surface area contributed by atoms with Gasteiger partial charge in [0, 0.05) is 28.3 Å². The number of hydrogen-bond acceptors (Lipinski definition) is 4. The van der Waals surface area contributed by atoms with Gasteiger partial charge in [-0.15, -0.1) is 0 Å². The first-order valence-corrected chi connectivity index (χ1v) is 7.89. The fourth-order valence-corrected chi connectivity index (χ4v) is 3.22. The predicted octanol–water partition coefficient (Wildman–Crippen LogP) is 3.29. The standard InChI is InChI=1S/C19H15ClO4/c1-24-19(23)18(22)16-14(11-5-3-2-4-6-11)15(16)17(21)12-7-9-13(20)10-8-12/h2-10,14-16H,1H3. The maximum absolute atomic E-state index is 12.8. The van der Waals surface area contributed by atoms with Gasteiger partial charge in [0.25, 0.3) is 0 Å². The van der Waals surface area contributed by atoms with Crippen molar-refractivity contribution in [3.8, 4) is 0 Å². The summed E-state index contributed by atoms with van der Waals surface area (Å²) >= 11 is 5.85.